The van der Waals surface area contributed by atoms with Gasteiger partial charge >= 0.3 is 12.3 Å². The fourth-order valence-electron chi connectivity index (χ4n) is 1.24. The Kier molecular flexibility index (Phi) is 5.53. The van der Waals surface area contributed by atoms with Crippen molar-refractivity contribution in [1.82, 2.24) is 10.3 Å². The quantitative estimate of drug-likeness (QED) is 0.780. The molecule has 1 aromatic rings. The molecule has 0 aromatic carbocycles. The molecule has 0 saturated carbocycles. The van der Waals surface area contributed by atoms with Gasteiger partial charge in [-0.1, -0.05) is 13.8 Å². The van der Waals surface area contributed by atoms with E-state index in [1.165, 1.54) is 18.5 Å². The lowest BCUT2D eigenvalue weighted by Crippen LogP contribution is -2.34. The van der Waals surface area contributed by atoms with E-state index >= 15 is 0 Å². The molecule has 0 spiro atoms. The molecule has 1 N–H and O–H groups in total. The van der Waals surface area contributed by atoms with Gasteiger partial charge in [0.1, 0.15) is 5.75 Å². The molecular weight excluding hydrogens is 264 g/mol. The second kappa shape index (κ2) is 6.70. The Bertz CT molecular complexity index is 399. The van der Waals surface area contributed by atoms with Crippen LogP contribution in [0.1, 0.15) is 19.4 Å². The van der Waals surface area contributed by atoms with Gasteiger partial charge in [0.15, 0.2) is 6.61 Å². The molecule has 108 valence electrons. The first-order valence-electron chi connectivity index (χ1n) is 5.78. The summed E-state index contributed by atoms with van der Waals surface area (Å²) in [5.74, 6) is -4.03. The van der Waals surface area contributed by atoms with Crippen molar-refractivity contribution in [2.45, 2.75) is 38.8 Å². The van der Waals surface area contributed by atoms with Crippen LogP contribution in [-0.4, -0.2) is 30.0 Å². The van der Waals surface area contributed by atoms with Gasteiger partial charge in [0, 0.05) is 30.5 Å². The number of rotatable bonds is 7. The highest BCUT2D eigenvalue weighted by atomic mass is 19.3. The van der Waals surface area contributed by atoms with Crippen molar-refractivity contribution in [3.8, 4) is 5.75 Å². The predicted molar refractivity (Wildman–Crippen MR) is 62.7 cm³/mol. The van der Waals surface area contributed by atoms with Gasteiger partial charge in [-0.25, -0.2) is 8.78 Å². The lowest BCUT2D eigenvalue weighted by Gasteiger charge is -2.18. The molecule has 1 heterocycles. The first-order chi connectivity index (χ1) is 8.83. The van der Waals surface area contributed by atoms with Gasteiger partial charge in [-0.15, -0.1) is 0 Å². The number of ether oxygens (including phenoxy) is 1. The average molecular weight is 280 g/mol. The van der Waals surface area contributed by atoms with Gasteiger partial charge in [0.2, 0.25) is 0 Å². The number of aromatic nitrogens is 1. The van der Waals surface area contributed by atoms with E-state index in [1.807, 2.05) is 13.8 Å². The van der Waals surface area contributed by atoms with E-state index in [2.05, 4.69) is 10.3 Å². The molecule has 7 heteroatoms. The normalized spacial score (nSPS) is 12.2. The topological polar surface area (TPSA) is 34.2 Å². The second-order valence-electron chi connectivity index (χ2n) is 4.37. The number of hydrogen-bond donors (Lipinski definition) is 1. The molecule has 0 fully saturated rings. The van der Waals surface area contributed by atoms with Crippen LogP contribution in [0.15, 0.2) is 18.5 Å². The van der Waals surface area contributed by atoms with E-state index < -0.39 is 19.0 Å². The van der Waals surface area contributed by atoms with E-state index in [0.717, 1.165) is 0 Å². The van der Waals surface area contributed by atoms with Gasteiger partial charge in [0.05, 0.1) is 0 Å². The molecule has 0 atom stereocenters. The molecule has 0 unspecified atom stereocenters. The summed E-state index contributed by atoms with van der Waals surface area (Å²) in [5, 5.41) is 3.07. The van der Waals surface area contributed by atoms with Crippen LogP contribution >= 0.6 is 0 Å². The number of nitrogens with one attached hydrogen (secondary N) is 1. The Balaban J connectivity index is 2.67. The van der Waals surface area contributed by atoms with Crippen LogP contribution in [0, 0.1) is 0 Å². The van der Waals surface area contributed by atoms with E-state index in [1.54, 1.807) is 0 Å². The van der Waals surface area contributed by atoms with Gasteiger partial charge in [-0.2, -0.15) is 8.78 Å². The minimum atomic E-state index is -4.16. The zero-order valence-corrected chi connectivity index (χ0v) is 10.7. The number of nitrogens with zero attached hydrogens (tertiary/aromatic N) is 1. The average Bonchev–Trinajstić information content (AvgIpc) is 2.34. The highest BCUT2D eigenvalue weighted by Crippen LogP contribution is 2.25. The zero-order valence-electron chi connectivity index (χ0n) is 10.7. The summed E-state index contributed by atoms with van der Waals surface area (Å²) < 4.78 is 54.4. The maximum absolute atomic E-state index is 12.8. The molecule has 19 heavy (non-hydrogen) atoms. The van der Waals surface area contributed by atoms with Crippen molar-refractivity contribution in [3.05, 3.63) is 24.0 Å². The maximum Gasteiger partial charge on any atom is 0.340 e. The summed E-state index contributed by atoms with van der Waals surface area (Å²) in [6, 6.07) is 1.56. The summed E-state index contributed by atoms with van der Waals surface area (Å²) in [6.45, 7) is 2.84. The minimum Gasteiger partial charge on any atom is -0.487 e. The molecule has 0 saturated heterocycles. The smallest absolute Gasteiger partial charge is 0.340 e. The Morgan fingerprint density at radius 1 is 1.37 bits per heavy atom. The Hall–Kier alpha value is -1.37. The monoisotopic (exact) mass is 280 g/mol. The minimum absolute atomic E-state index is 0.128. The van der Waals surface area contributed by atoms with Gasteiger partial charge in [0.25, 0.3) is 0 Å². The predicted octanol–water partition coefficient (Wildman–Crippen LogP) is 2.86. The van der Waals surface area contributed by atoms with Crippen molar-refractivity contribution in [1.29, 1.82) is 0 Å². The van der Waals surface area contributed by atoms with Crippen LogP contribution in [0.5, 0.6) is 5.75 Å². The summed E-state index contributed by atoms with van der Waals surface area (Å²) in [7, 11) is 0. The van der Waals surface area contributed by atoms with Crippen molar-refractivity contribution in [2.24, 2.45) is 0 Å². The van der Waals surface area contributed by atoms with E-state index in [4.69, 9.17) is 4.74 Å². The van der Waals surface area contributed by atoms with Crippen molar-refractivity contribution in [2.75, 3.05) is 6.61 Å². The molecule has 1 rings (SSSR count). The first kappa shape index (κ1) is 15.7. The number of pyridine rings is 1. The van der Waals surface area contributed by atoms with Gasteiger partial charge in [-0.3, -0.25) is 4.98 Å². The SMILES string of the molecule is CC(C)NCc1cnccc1OCC(F)(F)C(F)F. The van der Waals surface area contributed by atoms with E-state index in [9.17, 15) is 17.6 Å². The van der Waals surface area contributed by atoms with E-state index in [0.29, 0.717) is 12.1 Å². The fourth-order valence-corrected chi connectivity index (χ4v) is 1.24. The molecule has 0 aliphatic heterocycles. The summed E-state index contributed by atoms with van der Waals surface area (Å²) in [4.78, 5) is 3.85. The number of hydrogen-bond acceptors (Lipinski definition) is 3. The van der Waals surface area contributed by atoms with Crippen molar-refractivity contribution in [3.63, 3.8) is 0 Å². The van der Waals surface area contributed by atoms with Crippen LogP contribution in [0.4, 0.5) is 17.6 Å². The van der Waals surface area contributed by atoms with Gasteiger partial charge in [-0.05, 0) is 6.07 Å². The maximum atomic E-state index is 12.8. The number of halogens is 4. The third kappa shape index (κ3) is 5.02. The zero-order chi connectivity index (χ0) is 14.5. The van der Waals surface area contributed by atoms with Crippen LogP contribution in [0.25, 0.3) is 0 Å². The summed E-state index contributed by atoms with van der Waals surface area (Å²) >= 11 is 0. The molecule has 0 radical (unpaired) electrons. The molecule has 1 aromatic heterocycles. The van der Waals surface area contributed by atoms with Gasteiger partial charge < -0.3 is 10.1 Å². The van der Waals surface area contributed by atoms with E-state index in [-0.39, 0.29) is 11.8 Å². The van der Waals surface area contributed by atoms with Crippen LogP contribution in [0.2, 0.25) is 0 Å². The Labute approximate surface area is 109 Å². The molecule has 0 bridgehead atoms. The second-order valence-corrected chi connectivity index (χ2v) is 4.37. The van der Waals surface area contributed by atoms with Crippen LogP contribution in [-0.2, 0) is 6.54 Å². The Morgan fingerprint density at radius 3 is 2.63 bits per heavy atom. The van der Waals surface area contributed by atoms with Crippen LogP contribution < -0.4 is 10.1 Å². The molecule has 0 aliphatic rings. The molecular formula is C12H16F4N2O. The van der Waals surface area contributed by atoms with Crippen molar-refractivity contribution >= 4 is 0 Å². The number of alkyl halides is 4. The molecule has 0 aliphatic carbocycles. The van der Waals surface area contributed by atoms with Crippen molar-refractivity contribution < 1.29 is 22.3 Å². The highest BCUT2D eigenvalue weighted by molar-refractivity contribution is 5.30. The Morgan fingerprint density at radius 2 is 2.05 bits per heavy atom. The third-order valence-electron chi connectivity index (χ3n) is 2.30. The summed E-state index contributed by atoms with van der Waals surface area (Å²) in [6.07, 6.45) is -0.938. The highest BCUT2D eigenvalue weighted by Gasteiger charge is 2.41. The lowest BCUT2D eigenvalue weighted by molar-refractivity contribution is -0.148. The largest absolute Gasteiger partial charge is 0.487 e. The summed E-state index contributed by atoms with van der Waals surface area (Å²) in [5.41, 5.74) is 0.543. The van der Waals surface area contributed by atoms with Crippen LogP contribution in [0.3, 0.4) is 0 Å². The first-order valence-corrected chi connectivity index (χ1v) is 5.78. The standard InChI is InChI=1S/C12H16F4N2O/c1-8(2)18-6-9-5-17-4-3-10(9)19-7-12(15,16)11(13)14/h3-5,8,11,18H,6-7H2,1-2H3. The fraction of sp³-hybridized carbons (Fsp3) is 0.583. The third-order valence-corrected chi connectivity index (χ3v) is 2.30. The molecule has 0 amide bonds. The molecule has 3 nitrogen and oxygen atoms in total. The lowest BCUT2D eigenvalue weighted by atomic mass is 10.2.